The van der Waals surface area contributed by atoms with Crippen molar-refractivity contribution in [3.8, 4) is 0 Å². The Labute approximate surface area is 124 Å². The molecule has 1 N–H and O–H groups in total. The molecular weight excluding hydrogens is 256 g/mol. The average molecular weight is 288 g/mol. The summed E-state index contributed by atoms with van der Waals surface area (Å²) >= 11 is 0. The van der Waals surface area contributed by atoms with E-state index < -0.39 is 5.54 Å². The van der Waals surface area contributed by atoms with Crippen LogP contribution >= 0.6 is 0 Å². The molecule has 0 aliphatic carbocycles. The smallest absolute Gasteiger partial charge is 0.325 e. The third-order valence-electron chi connectivity index (χ3n) is 3.59. The molecule has 5 nitrogen and oxygen atoms in total. The third-order valence-corrected chi connectivity index (χ3v) is 3.59. The molecule has 0 bridgehead atoms. The summed E-state index contributed by atoms with van der Waals surface area (Å²) in [5.41, 5.74) is -0.617. The molecule has 0 amide bonds. The van der Waals surface area contributed by atoms with Crippen molar-refractivity contribution in [1.29, 1.82) is 0 Å². The highest BCUT2D eigenvalue weighted by atomic mass is 16.5. The Bertz CT molecular complexity index is 284. The van der Waals surface area contributed by atoms with Crippen LogP contribution in [0, 0.1) is 0 Å². The Morgan fingerprint density at radius 1 is 1.30 bits per heavy atom. The highest BCUT2D eigenvalue weighted by molar-refractivity contribution is 5.80. The van der Waals surface area contributed by atoms with Crippen molar-refractivity contribution in [3.63, 3.8) is 0 Å². The minimum absolute atomic E-state index is 0.196. The van der Waals surface area contributed by atoms with Gasteiger partial charge in [0.1, 0.15) is 5.54 Å². The van der Waals surface area contributed by atoms with Crippen LogP contribution in [0.3, 0.4) is 0 Å². The fraction of sp³-hybridized carbons (Fsp3) is 0.933. The number of carbonyl (C=O) groups excluding carboxylic acids is 1. The Balaban J connectivity index is 4.37. The van der Waals surface area contributed by atoms with Crippen LogP contribution in [-0.2, 0) is 14.3 Å². The summed E-state index contributed by atoms with van der Waals surface area (Å²) in [5.74, 6) is -0.196. The maximum atomic E-state index is 12.0. The number of nitrogens with zero attached hydrogens (tertiary/aromatic N) is 1. The molecule has 20 heavy (non-hydrogen) atoms. The predicted octanol–water partition coefficient (Wildman–Crippen LogP) is 1.66. The number of esters is 1. The predicted molar refractivity (Wildman–Crippen MR) is 81.9 cm³/mol. The summed E-state index contributed by atoms with van der Waals surface area (Å²) in [6, 6.07) is 0.617. The number of rotatable bonds is 10. The number of carbonyl (C=O) groups is 1. The van der Waals surface area contributed by atoms with Gasteiger partial charge in [-0.15, -0.1) is 0 Å². The van der Waals surface area contributed by atoms with Gasteiger partial charge in [0.2, 0.25) is 0 Å². The standard InChI is InChI=1S/C15H32N2O3/c1-12(2)16-15(4,14(18)20-7)9-8-10-17(5)13(3)11-19-6/h12-13,16H,8-11H2,1-7H3. The summed E-state index contributed by atoms with van der Waals surface area (Å²) in [6.45, 7) is 9.76. The van der Waals surface area contributed by atoms with Crippen LogP contribution in [0.5, 0.6) is 0 Å². The van der Waals surface area contributed by atoms with E-state index in [-0.39, 0.29) is 12.0 Å². The van der Waals surface area contributed by atoms with E-state index in [1.165, 1.54) is 7.11 Å². The maximum absolute atomic E-state index is 12.0. The van der Waals surface area contributed by atoms with Crippen molar-refractivity contribution in [2.75, 3.05) is 34.4 Å². The van der Waals surface area contributed by atoms with Crippen LogP contribution in [0.1, 0.15) is 40.5 Å². The van der Waals surface area contributed by atoms with Crippen LogP contribution in [-0.4, -0.2) is 62.9 Å². The number of ether oxygens (including phenoxy) is 2. The second-order valence-corrected chi connectivity index (χ2v) is 6.01. The number of methoxy groups -OCH3 is 2. The van der Waals surface area contributed by atoms with Crippen molar-refractivity contribution >= 4 is 5.97 Å². The number of likely N-dealkylation sites (N-methyl/N-ethyl adjacent to an activating group) is 1. The van der Waals surface area contributed by atoms with E-state index in [9.17, 15) is 4.79 Å². The lowest BCUT2D eigenvalue weighted by molar-refractivity contribution is -0.148. The summed E-state index contributed by atoms with van der Waals surface area (Å²) in [4.78, 5) is 14.2. The minimum atomic E-state index is -0.617. The molecule has 120 valence electrons. The fourth-order valence-electron chi connectivity index (χ4n) is 2.37. The van der Waals surface area contributed by atoms with E-state index >= 15 is 0 Å². The van der Waals surface area contributed by atoms with Crippen LogP contribution in [0.4, 0.5) is 0 Å². The van der Waals surface area contributed by atoms with Gasteiger partial charge in [0.25, 0.3) is 0 Å². The van der Waals surface area contributed by atoms with Gasteiger partial charge in [0, 0.05) is 19.2 Å². The van der Waals surface area contributed by atoms with Crippen molar-refractivity contribution in [2.24, 2.45) is 0 Å². The SMILES string of the molecule is COCC(C)N(C)CCCC(C)(NC(C)C)C(=O)OC. The van der Waals surface area contributed by atoms with Crippen LogP contribution < -0.4 is 5.32 Å². The van der Waals surface area contributed by atoms with Crippen molar-refractivity contribution in [3.05, 3.63) is 0 Å². The largest absolute Gasteiger partial charge is 0.468 e. The molecule has 0 aliphatic rings. The van der Waals surface area contributed by atoms with Gasteiger partial charge in [-0.25, -0.2) is 0 Å². The zero-order valence-corrected chi connectivity index (χ0v) is 14.2. The summed E-state index contributed by atoms with van der Waals surface area (Å²) in [6.07, 6.45) is 1.68. The van der Waals surface area contributed by atoms with E-state index in [0.29, 0.717) is 6.04 Å². The summed E-state index contributed by atoms with van der Waals surface area (Å²) in [7, 11) is 5.23. The Hall–Kier alpha value is -0.650. The molecule has 0 heterocycles. The van der Waals surface area contributed by atoms with E-state index in [1.807, 2.05) is 20.8 Å². The topological polar surface area (TPSA) is 50.8 Å². The molecule has 0 aliphatic heterocycles. The third kappa shape index (κ3) is 6.68. The lowest BCUT2D eigenvalue weighted by atomic mass is 9.94. The molecule has 0 aromatic heterocycles. The Kier molecular flexibility index (Phi) is 9.01. The Morgan fingerprint density at radius 3 is 2.35 bits per heavy atom. The second-order valence-electron chi connectivity index (χ2n) is 6.01. The van der Waals surface area contributed by atoms with E-state index in [1.54, 1.807) is 7.11 Å². The molecule has 0 radical (unpaired) electrons. The average Bonchev–Trinajstić information content (AvgIpc) is 2.36. The molecule has 0 spiro atoms. The highest BCUT2D eigenvalue weighted by Gasteiger charge is 2.34. The van der Waals surface area contributed by atoms with Crippen molar-refractivity contribution < 1.29 is 14.3 Å². The zero-order valence-electron chi connectivity index (χ0n) is 14.2. The molecule has 0 aromatic rings. The first-order valence-electron chi connectivity index (χ1n) is 7.32. The number of nitrogens with one attached hydrogen (secondary N) is 1. The van der Waals surface area contributed by atoms with Gasteiger partial charge >= 0.3 is 5.97 Å². The van der Waals surface area contributed by atoms with E-state index in [0.717, 1.165) is 26.0 Å². The molecule has 0 saturated carbocycles. The molecular formula is C15H32N2O3. The summed E-state index contributed by atoms with van der Waals surface area (Å²) < 4.78 is 10.1. The quantitative estimate of drug-likeness (QED) is 0.620. The van der Waals surface area contributed by atoms with Gasteiger partial charge in [0.15, 0.2) is 0 Å². The molecule has 2 unspecified atom stereocenters. The van der Waals surface area contributed by atoms with Gasteiger partial charge in [-0.3, -0.25) is 10.1 Å². The van der Waals surface area contributed by atoms with Gasteiger partial charge in [-0.05, 0) is 54.1 Å². The molecule has 0 fully saturated rings. The molecule has 5 heteroatoms. The molecule has 0 rings (SSSR count). The van der Waals surface area contributed by atoms with Gasteiger partial charge in [-0.1, -0.05) is 0 Å². The molecule has 0 saturated heterocycles. The number of hydrogen-bond acceptors (Lipinski definition) is 5. The fourth-order valence-corrected chi connectivity index (χ4v) is 2.37. The van der Waals surface area contributed by atoms with Gasteiger partial charge in [-0.2, -0.15) is 0 Å². The van der Waals surface area contributed by atoms with Crippen LogP contribution in [0.25, 0.3) is 0 Å². The first-order chi connectivity index (χ1) is 9.26. The second kappa shape index (κ2) is 9.32. The van der Waals surface area contributed by atoms with E-state index in [4.69, 9.17) is 9.47 Å². The number of hydrogen-bond donors (Lipinski definition) is 1. The van der Waals surface area contributed by atoms with Gasteiger partial charge < -0.3 is 14.4 Å². The highest BCUT2D eigenvalue weighted by Crippen LogP contribution is 2.16. The lowest BCUT2D eigenvalue weighted by Gasteiger charge is -2.31. The maximum Gasteiger partial charge on any atom is 0.325 e. The first-order valence-corrected chi connectivity index (χ1v) is 7.32. The van der Waals surface area contributed by atoms with Crippen LogP contribution in [0.15, 0.2) is 0 Å². The monoisotopic (exact) mass is 288 g/mol. The normalized spacial score (nSPS) is 16.2. The van der Waals surface area contributed by atoms with E-state index in [2.05, 4.69) is 24.2 Å². The van der Waals surface area contributed by atoms with Crippen molar-refractivity contribution in [2.45, 2.75) is 58.2 Å². The molecule has 2 atom stereocenters. The Morgan fingerprint density at radius 2 is 1.90 bits per heavy atom. The zero-order chi connectivity index (χ0) is 15.8. The lowest BCUT2D eigenvalue weighted by Crippen LogP contribution is -2.53. The minimum Gasteiger partial charge on any atom is -0.468 e. The first kappa shape index (κ1) is 19.4. The van der Waals surface area contributed by atoms with Crippen LogP contribution in [0.2, 0.25) is 0 Å². The van der Waals surface area contributed by atoms with Crippen molar-refractivity contribution in [1.82, 2.24) is 10.2 Å². The summed E-state index contributed by atoms with van der Waals surface area (Å²) in [5, 5.41) is 3.32. The molecule has 0 aromatic carbocycles. The van der Waals surface area contributed by atoms with Gasteiger partial charge in [0.05, 0.1) is 13.7 Å².